The molecule has 30 heavy (non-hydrogen) atoms. The van der Waals surface area contributed by atoms with Crippen molar-refractivity contribution in [2.75, 3.05) is 11.1 Å². The zero-order valence-corrected chi connectivity index (χ0v) is 18.1. The van der Waals surface area contributed by atoms with Gasteiger partial charge in [0.25, 0.3) is 0 Å². The minimum absolute atomic E-state index is 0.0561. The van der Waals surface area contributed by atoms with Crippen LogP contribution in [0.3, 0.4) is 0 Å². The normalized spacial score (nSPS) is 11.2. The second-order valence-electron chi connectivity index (χ2n) is 7.57. The molecule has 0 unspecified atom stereocenters. The monoisotopic (exact) mass is 416 g/mol. The number of fused-ring (bicyclic) bond motifs is 1. The Morgan fingerprint density at radius 1 is 1.10 bits per heavy atom. The van der Waals surface area contributed by atoms with Crippen LogP contribution < -0.4 is 5.32 Å². The van der Waals surface area contributed by atoms with E-state index in [0.717, 1.165) is 27.5 Å². The average molecular weight is 417 g/mol. The van der Waals surface area contributed by atoms with Crippen LogP contribution in [0.5, 0.6) is 0 Å². The highest BCUT2D eigenvalue weighted by Crippen LogP contribution is 2.26. The van der Waals surface area contributed by atoms with Gasteiger partial charge in [0.1, 0.15) is 5.03 Å². The van der Waals surface area contributed by atoms with Crippen molar-refractivity contribution in [3.8, 4) is 11.3 Å². The predicted molar refractivity (Wildman–Crippen MR) is 123 cm³/mol. The van der Waals surface area contributed by atoms with Crippen molar-refractivity contribution in [2.45, 2.75) is 31.7 Å². The summed E-state index contributed by atoms with van der Waals surface area (Å²) in [4.78, 5) is 16.9. The lowest BCUT2D eigenvalue weighted by molar-refractivity contribution is -0.113. The topological polar surface area (TPSA) is 59.3 Å². The molecule has 0 aliphatic heterocycles. The summed E-state index contributed by atoms with van der Waals surface area (Å²) in [5, 5.41) is 8.39. The van der Waals surface area contributed by atoms with Crippen molar-refractivity contribution in [3.63, 3.8) is 0 Å². The molecule has 0 bridgehead atoms. The number of benzene rings is 2. The molecule has 2 heterocycles. The van der Waals surface area contributed by atoms with Gasteiger partial charge in [-0.05, 0) is 36.6 Å². The maximum atomic E-state index is 12.4. The van der Waals surface area contributed by atoms with Gasteiger partial charge in [0.2, 0.25) is 5.91 Å². The van der Waals surface area contributed by atoms with Crippen LogP contribution in [-0.4, -0.2) is 26.3 Å². The van der Waals surface area contributed by atoms with E-state index in [-0.39, 0.29) is 11.7 Å². The van der Waals surface area contributed by atoms with Crippen molar-refractivity contribution in [1.29, 1.82) is 0 Å². The van der Waals surface area contributed by atoms with Gasteiger partial charge in [0.15, 0.2) is 0 Å². The van der Waals surface area contributed by atoms with Crippen LogP contribution in [0.15, 0.2) is 72.0 Å². The maximum Gasteiger partial charge on any atom is 0.234 e. The van der Waals surface area contributed by atoms with Gasteiger partial charge in [0.05, 0.1) is 17.0 Å². The first-order valence-corrected chi connectivity index (χ1v) is 10.9. The van der Waals surface area contributed by atoms with E-state index in [2.05, 4.69) is 72.6 Å². The van der Waals surface area contributed by atoms with Crippen LogP contribution in [0.2, 0.25) is 0 Å². The molecule has 0 atom stereocenters. The van der Waals surface area contributed by atoms with Crippen LogP contribution in [0, 0.1) is 6.92 Å². The summed E-state index contributed by atoms with van der Waals surface area (Å²) in [6, 6.07) is 18.3. The summed E-state index contributed by atoms with van der Waals surface area (Å²) in [6.45, 7) is 6.37. The standard InChI is InChI=1S/C24H24N4OS/c1-16(2)18-8-10-20(11-9-18)26-23(29)15-30-24-22-14-21(27-28(22)13-12-25-24)19-6-4-17(3)5-7-19/h4-14,16H,15H2,1-3H3,(H,26,29). The number of hydrogen-bond acceptors (Lipinski definition) is 4. The Hall–Kier alpha value is -3.12. The number of anilines is 1. The van der Waals surface area contributed by atoms with E-state index >= 15 is 0 Å². The Bertz CT molecular complexity index is 1160. The largest absolute Gasteiger partial charge is 0.325 e. The van der Waals surface area contributed by atoms with Gasteiger partial charge in [-0.15, -0.1) is 0 Å². The number of aryl methyl sites for hydroxylation is 1. The van der Waals surface area contributed by atoms with Gasteiger partial charge in [0, 0.05) is 23.6 Å². The highest BCUT2D eigenvalue weighted by molar-refractivity contribution is 8.00. The smallest absolute Gasteiger partial charge is 0.234 e. The third-order valence-corrected chi connectivity index (χ3v) is 5.90. The number of carbonyl (C=O) groups is 1. The molecule has 0 aliphatic carbocycles. The summed E-state index contributed by atoms with van der Waals surface area (Å²) in [5.74, 6) is 0.695. The molecule has 1 amide bonds. The number of carbonyl (C=O) groups excluding carboxylic acids is 1. The van der Waals surface area contributed by atoms with Gasteiger partial charge in [-0.1, -0.05) is 67.6 Å². The quantitative estimate of drug-likeness (QED) is 0.418. The lowest BCUT2D eigenvalue weighted by Gasteiger charge is -2.08. The second-order valence-corrected chi connectivity index (χ2v) is 8.54. The molecule has 5 nitrogen and oxygen atoms in total. The van der Waals surface area contributed by atoms with Crippen molar-refractivity contribution in [2.24, 2.45) is 0 Å². The molecule has 0 saturated heterocycles. The van der Waals surface area contributed by atoms with Crippen molar-refractivity contribution in [3.05, 3.63) is 78.1 Å². The molecule has 1 N–H and O–H groups in total. The predicted octanol–water partition coefficient (Wildman–Crippen LogP) is 5.56. The van der Waals surface area contributed by atoms with E-state index in [1.54, 1.807) is 6.20 Å². The third kappa shape index (κ3) is 4.54. The molecule has 0 radical (unpaired) electrons. The minimum Gasteiger partial charge on any atom is -0.325 e. The first-order valence-electron chi connectivity index (χ1n) is 9.93. The number of aromatic nitrogens is 3. The molecular formula is C24H24N4OS. The van der Waals surface area contributed by atoms with Gasteiger partial charge < -0.3 is 5.32 Å². The molecule has 4 aromatic rings. The van der Waals surface area contributed by atoms with Crippen molar-refractivity contribution in [1.82, 2.24) is 14.6 Å². The second kappa shape index (κ2) is 8.71. The molecular weight excluding hydrogens is 392 g/mol. The maximum absolute atomic E-state index is 12.4. The lowest BCUT2D eigenvalue weighted by atomic mass is 10.0. The zero-order valence-electron chi connectivity index (χ0n) is 17.3. The van der Waals surface area contributed by atoms with Crippen LogP contribution in [-0.2, 0) is 4.79 Å². The number of thioether (sulfide) groups is 1. The average Bonchev–Trinajstić information content (AvgIpc) is 3.18. The van der Waals surface area contributed by atoms with E-state index in [4.69, 9.17) is 0 Å². The van der Waals surface area contributed by atoms with E-state index in [9.17, 15) is 4.79 Å². The Morgan fingerprint density at radius 2 is 1.83 bits per heavy atom. The Balaban J connectivity index is 1.45. The summed E-state index contributed by atoms with van der Waals surface area (Å²) < 4.78 is 1.81. The van der Waals surface area contributed by atoms with Crippen molar-refractivity contribution >= 4 is 28.9 Å². The molecule has 0 spiro atoms. The lowest BCUT2D eigenvalue weighted by Crippen LogP contribution is -2.14. The molecule has 2 aromatic carbocycles. The fraction of sp³-hybridized carbons (Fsp3) is 0.208. The Labute approximate surface area is 180 Å². The fourth-order valence-electron chi connectivity index (χ4n) is 3.16. The van der Waals surface area contributed by atoms with E-state index in [0.29, 0.717) is 5.92 Å². The highest BCUT2D eigenvalue weighted by atomic mass is 32.2. The summed E-state index contributed by atoms with van der Waals surface area (Å²) >= 11 is 1.41. The van der Waals surface area contributed by atoms with Crippen LogP contribution >= 0.6 is 11.8 Å². The number of hydrogen-bond donors (Lipinski definition) is 1. The third-order valence-electron chi connectivity index (χ3n) is 4.90. The van der Waals surface area contributed by atoms with E-state index < -0.39 is 0 Å². The number of nitrogens with one attached hydrogen (secondary N) is 1. The molecule has 0 aliphatic rings. The summed E-state index contributed by atoms with van der Waals surface area (Å²) in [7, 11) is 0. The SMILES string of the molecule is Cc1ccc(-c2cc3c(SCC(=O)Nc4ccc(C(C)C)cc4)nccn3n2)cc1. The van der Waals surface area contributed by atoms with Crippen LogP contribution in [0.1, 0.15) is 30.9 Å². The summed E-state index contributed by atoms with van der Waals surface area (Å²) in [5.41, 5.74) is 6.12. The molecule has 6 heteroatoms. The van der Waals surface area contributed by atoms with Crippen molar-refractivity contribution < 1.29 is 4.79 Å². The van der Waals surface area contributed by atoms with E-state index in [1.165, 1.54) is 22.9 Å². The molecule has 152 valence electrons. The van der Waals surface area contributed by atoms with Gasteiger partial charge in [-0.2, -0.15) is 5.10 Å². The molecule has 0 saturated carbocycles. The zero-order chi connectivity index (χ0) is 21.1. The molecule has 4 rings (SSSR count). The van der Waals surface area contributed by atoms with Gasteiger partial charge in [-0.25, -0.2) is 9.50 Å². The van der Waals surface area contributed by atoms with E-state index in [1.807, 2.05) is 28.9 Å². The fourth-order valence-corrected chi connectivity index (χ4v) is 3.93. The highest BCUT2D eigenvalue weighted by Gasteiger charge is 2.12. The Morgan fingerprint density at radius 3 is 2.53 bits per heavy atom. The number of amides is 1. The molecule has 2 aromatic heterocycles. The first kappa shape index (κ1) is 20.2. The van der Waals surface area contributed by atoms with Crippen LogP contribution in [0.25, 0.3) is 16.8 Å². The van der Waals surface area contributed by atoms with Gasteiger partial charge in [-0.3, -0.25) is 4.79 Å². The Kier molecular flexibility index (Phi) is 5.86. The summed E-state index contributed by atoms with van der Waals surface area (Å²) in [6.07, 6.45) is 3.54. The number of rotatable bonds is 6. The number of nitrogens with zero attached hydrogens (tertiary/aromatic N) is 3. The first-order chi connectivity index (χ1) is 14.5. The van der Waals surface area contributed by atoms with Crippen LogP contribution in [0.4, 0.5) is 5.69 Å². The minimum atomic E-state index is -0.0561. The molecule has 0 fully saturated rings. The van der Waals surface area contributed by atoms with Gasteiger partial charge >= 0.3 is 0 Å².